The van der Waals surface area contributed by atoms with Crippen LogP contribution in [-0.2, 0) is 6.54 Å². The molecule has 0 aliphatic heterocycles. The molecule has 0 spiro atoms. The van der Waals surface area contributed by atoms with E-state index in [0.29, 0.717) is 0 Å². The van der Waals surface area contributed by atoms with Crippen LogP contribution in [0.5, 0.6) is 0 Å². The molecule has 0 radical (unpaired) electrons. The molecule has 1 aromatic rings. The van der Waals surface area contributed by atoms with Crippen LogP contribution in [0.1, 0.15) is 38.3 Å². The van der Waals surface area contributed by atoms with Gasteiger partial charge >= 0.3 is 0 Å². The molecular formula is C13H23N3S. The zero-order valence-electron chi connectivity index (χ0n) is 10.9. The first-order valence-electron chi connectivity index (χ1n) is 6.60. The Balaban J connectivity index is 1.76. The van der Waals surface area contributed by atoms with Gasteiger partial charge in [-0.15, -0.1) is 11.3 Å². The third kappa shape index (κ3) is 3.76. The van der Waals surface area contributed by atoms with Gasteiger partial charge in [-0.05, 0) is 39.3 Å². The molecule has 1 N–H and O–H groups in total. The number of nitrogens with one attached hydrogen (secondary N) is 1. The lowest BCUT2D eigenvalue weighted by Crippen LogP contribution is -2.40. The van der Waals surface area contributed by atoms with Gasteiger partial charge in [-0.3, -0.25) is 4.90 Å². The van der Waals surface area contributed by atoms with Gasteiger partial charge in [0.15, 0.2) is 0 Å². The summed E-state index contributed by atoms with van der Waals surface area (Å²) in [5.74, 6) is 0. The summed E-state index contributed by atoms with van der Waals surface area (Å²) in [5, 5.41) is 5.71. The topological polar surface area (TPSA) is 28.2 Å². The first-order chi connectivity index (χ1) is 8.29. The second-order valence-electron chi connectivity index (χ2n) is 4.96. The largest absolute Gasteiger partial charge is 0.314 e. The summed E-state index contributed by atoms with van der Waals surface area (Å²) in [6.07, 6.45) is 5.27. The van der Waals surface area contributed by atoms with Gasteiger partial charge in [0.2, 0.25) is 0 Å². The van der Waals surface area contributed by atoms with Crippen molar-refractivity contribution in [3.8, 4) is 0 Å². The molecule has 0 unspecified atom stereocenters. The fourth-order valence-corrected chi connectivity index (χ4v) is 3.26. The van der Waals surface area contributed by atoms with Gasteiger partial charge in [0, 0.05) is 24.0 Å². The summed E-state index contributed by atoms with van der Waals surface area (Å²) in [6.45, 7) is 4.30. The highest BCUT2D eigenvalue weighted by Crippen LogP contribution is 2.23. The van der Waals surface area contributed by atoms with Gasteiger partial charge in [-0.25, -0.2) is 4.98 Å². The van der Waals surface area contributed by atoms with Crippen LogP contribution in [0.4, 0.5) is 0 Å². The Bertz CT molecular complexity index is 304. The van der Waals surface area contributed by atoms with Crippen molar-refractivity contribution < 1.29 is 0 Å². The Morgan fingerprint density at radius 2 is 2.18 bits per heavy atom. The van der Waals surface area contributed by atoms with E-state index in [1.807, 2.05) is 5.51 Å². The van der Waals surface area contributed by atoms with Crippen LogP contribution in [0.2, 0.25) is 0 Å². The minimum absolute atomic E-state index is 0.742. The Morgan fingerprint density at radius 1 is 1.41 bits per heavy atom. The molecule has 1 saturated carbocycles. The molecule has 1 aromatic heterocycles. The number of thiazole rings is 1. The Kier molecular flexibility index (Phi) is 4.95. The monoisotopic (exact) mass is 253 g/mol. The van der Waals surface area contributed by atoms with Gasteiger partial charge in [-0.2, -0.15) is 0 Å². The third-order valence-corrected chi connectivity index (χ3v) is 4.34. The van der Waals surface area contributed by atoms with E-state index in [2.05, 4.69) is 34.6 Å². The summed E-state index contributed by atoms with van der Waals surface area (Å²) in [7, 11) is 2.23. The van der Waals surface area contributed by atoms with E-state index in [1.165, 1.54) is 31.4 Å². The van der Waals surface area contributed by atoms with Crippen molar-refractivity contribution in [3.05, 3.63) is 16.6 Å². The van der Waals surface area contributed by atoms with Crippen molar-refractivity contribution >= 4 is 11.3 Å². The van der Waals surface area contributed by atoms with Gasteiger partial charge in [0.05, 0.1) is 11.2 Å². The van der Waals surface area contributed by atoms with E-state index < -0.39 is 0 Å². The zero-order valence-corrected chi connectivity index (χ0v) is 11.7. The number of rotatable bonds is 5. The predicted molar refractivity (Wildman–Crippen MR) is 73.3 cm³/mol. The molecule has 0 amide bonds. The number of hydrogen-bond donors (Lipinski definition) is 1. The van der Waals surface area contributed by atoms with Crippen LogP contribution in [-0.4, -0.2) is 35.6 Å². The Morgan fingerprint density at radius 3 is 2.76 bits per heavy atom. The van der Waals surface area contributed by atoms with Gasteiger partial charge in [0.1, 0.15) is 0 Å². The van der Waals surface area contributed by atoms with Crippen molar-refractivity contribution in [2.24, 2.45) is 0 Å². The summed E-state index contributed by atoms with van der Waals surface area (Å²) in [4.78, 5) is 6.83. The molecule has 0 aromatic carbocycles. The van der Waals surface area contributed by atoms with Crippen LogP contribution in [0.15, 0.2) is 10.9 Å². The first kappa shape index (κ1) is 13.0. The lowest BCUT2D eigenvalue weighted by atomic mass is 9.90. The lowest BCUT2D eigenvalue weighted by Gasteiger charge is -2.34. The minimum Gasteiger partial charge on any atom is -0.314 e. The van der Waals surface area contributed by atoms with Crippen LogP contribution in [0, 0.1) is 0 Å². The molecule has 3 nitrogen and oxygen atoms in total. The Hall–Kier alpha value is -0.450. The third-order valence-electron chi connectivity index (χ3n) is 3.71. The molecule has 0 atom stereocenters. The van der Waals surface area contributed by atoms with Crippen molar-refractivity contribution in [1.82, 2.24) is 15.2 Å². The molecular weight excluding hydrogens is 230 g/mol. The minimum atomic E-state index is 0.742. The van der Waals surface area contributed by atoms with E-state index >= 15 is 0 Å². The maximum absolute atomic E-state index is 4.36. The second kappa shape index (κ2) is 6.47. The molecule has 96 valence electrons. The van der Waals surface area contributed by atoms with E-state index in [0.717, 1.165) is 25.2 Å². The smallest absolute Gasteiger partial charge is 0.0795 e. The van der Waals surface area contributed by atoms with Crippen LogP contribution >= 0.6 is 11.3 Å². The van der Waals surface area contributed by atoms with Crippen molar-refractivity contribution in [3.63, 3.8) is 0 Å². The summed E-state index contributed by atoms with van der Waals surface area (Å²) in [6, 6.07) is 1.50. The molecule has 1 fully saturated rings. The average Bonchev–Trinajstić information content (AvgIpc) is 2.83. The molecule has 1 heterocycles. The molecule has 2 rings (SSSR count). The van der Waals surface area contributed by atoms with Gasteiger partial charge < -0.3 is 5.32 Å². The fraction of sp³-hybridized carbons (Fsp3) is 0.769. The molecule has 1 aliphatic rings. The van der Waals surface area contributed by atoms with E-state index in [1.54, 1.807) is 11.3 Å². The van der Waals surface area contributed by atoms with Crippen LogP contribution < -0.4 is 5.32 Å². The van der Waals surface area contributed by atoms with E-state index in [-0.39, 0.29) is 0 Å². The summed E-state index contributed by atoms with van der Waals surface area (Å²) >= 11 is 1.69. The van der Waals surface area contributed by atoms with Gasteiger partial charge in [0.25, 0.3) is 0 Å². The first-order valence-corrected chi connectivity index (χ1v) is 7.54. The molecule has 1 aliphatic carbocycles. The fourth-order valence-electron chi connectivity index (χ4n) is 2.71. The number of hydrogen-bond acceptors (Lipinski definition) is 4. The molecule has 0 bridgehead atoms. The molecule has 4 heteroatoms. The number of nitrogens with zero attached hydrogens (tertiary/aromatic N) is 2. The normalized spacial score (nSPS) is 25.4. The highest BCUT2D eigenvalue weighted by molar-refractivity contribution is 7.07. The van der Waals surface area contributed by atoms with Crippen molar-refractivity contribution in [2.45, 2.75) is 51.2 Å². The van der Waals surface area contributed by atoms with Crippen molar-refractivity contribution in [1.29, 1.82) is 0 Å². The quantitative estimate of drug-likeness (QED) is 0.874. The molecule has 17 heavy (non-hydrogen) atoms. The maximum atomic E-state index is 4.36. The highest BCUT2D eigenvalue weighted by atomic mass is 32.1. The highest BCUT2D eigenvalue weighted by Gasteiger charge is 2.23. The van der Waals surface area contributed by atoms with Gasteiger partial charge in [-0.1, -0.05) is 6.92 Å². The molecule has 0 saturated heterocycles. The standard InChI is InChI=1S/C13H23N3S/c1-3-14-11-4-6-13(7-5-11)16(2)8-12-9-17-10-15-12/h9-11,13-14H,3-8H2,1-2H3. The van der Waals surface area contributed by atoms with Crippen molar-refractivity contribution in [2.75, 3.05) is 13.6 Å². The number of aromatic nitrogens is 1. The van der Waals surface area contributed by atoms with E-state index in [9.17, 15) is 0 Å². The Labute approximate surface area is 108 Å². The average molecular weight is 253 g/mol. The van der Waals surface area contributed by atoms with Crippen LogP contribution in [0.25, 0.3) is 0 Å². The van der Waals surface area contributed by atoms with Crippen LogP contribution in [0.3, 0.4) is 0 Å². The second-order valence-corrected chi connectivity index (χ2v) is 5.68. The maximum Gasteiger partial charge on any atom is 0.0795 e. The summed E-state index contributed by atoms with van der Waals surface area (Å²) < 4.78 is 0. The SMILES string of the molecule is CCNC1CCC(N(C)Cc2cscn2)CC1. The lowest BCUT2D eigenvalue weighted by molar-refractivity contribution is 0.167. The predicted octanol–water partition coefficient (Wildman–Crippen LogP) is 2.50. The summed E-state index contributed by atoms with van der Waals surface area (Å²) in [5.41, 5.74) is 3.14. The van der Waals surface area contributed by atoms with E-state index in [4.69, 9.17) is 0 Å². The zero-order chi connectivity index (χ0) is 12.1.